The van der Waals surface area contributed by atoms with Crippen LogP contribution in [0.1, 0.15) is 0 Å². The van der Waals surface area contributed by atoms with Crippen molar-refractivity contribution < 1.29 is 4.42 Å². The summed E-state index contributed by atoms with van der Waals surface area (Å²) >= 11 is 0. The quantitative estimate of drug-likeness (QED) is 0.186. The number of rotatable bonds is 5. The summed E-state index contributed by atoms with van der Waals surface area (Å²) in [5.74, 6) is 0. The fourth-order valence-electron chi connectivity index (χ4n) is 6.92. The van der Waals surface area contributed by atoms with E-state index in [4.69, 9.17) is 4.42 Å². The average molecular weight is 588 g/mol. The molecule has 0 N–H and O–H groups in total. The van der Waals surface area contributed by atoms with E-state index >= 15 is 0 Å². The molecule has 0 unspecified atom stereocenters. The van der Waals surface area contributed by atoms with Gasteiger partial charge in [0, 0.05) is 33.9 Å². The highest BCUT2D eigenvalue weighted by atomic mass is 16.3. The summed E-state index contributed by atoms with van der Waals surface area (Å²) in [5.41, 5.74) is 9.89. The van der Waals surface area contributed by atoms with Crippen LogP contribution in [0, 0.1) is 0 Å². The van der Waals surface area contributed by atoms with Crippen LogP contribution in [-0.2, 0) is 0 Å². The number of para-hydroxylation sites is 2. The van der Waals surface area contributed by atoms with Crippen LogP contribution in [0.5, 0.6) is 0 Å². The summed E-state index contributed by atoms with van der Waals surface area (Å²) in [6, 6.07) is 62.7. The first kappa shape index (κ1) is 26.3. The summed E-state index contributed by atoms with van der Waals surface area (Å²) < 4.78 is 6.29. The largest absolute Gasteiger partial charge is 0.456 e. The van der Waals surface area contributed by atoms with Crippen LogP contribution in [0.3, 0.4) is 0 Å². The van der Waals surface area contributed by atoms with E-state index in [2.05, 4.69) is 169 Å². The van der Waals surface area contributed by atoms with E-state index < -0.39 is 0 Å². The Balaban J connectivity index is 1.21. The van der Waals surface area contributed by atoms with Crippen molar-refractivity contribution in [1.29, 1.82) is 0 Å². The second kappa shape index (κ2) is 10.8. The van der Waals surface area contributed by atoms with Gasteiger partial charge in [0.15, 0.2) is 0 Å². The SMILES string of the molecule is c1ccc(-c2cccc3c2c(-c2ccc(N(c4ccccc4)c4ccc5c(c4)oc4ccccc45)cc2)cc2ccccc23)cc1. The van der Waals surface area contributed by atoms with Crippen LogP contribution in [0.15, 0.2) is 180 Å². The number of hydrogen-bond donors (Lipinski definition) is 0. The lowest BCUT2D eigenvalue weighted by Gasteiger charge is -2.25. The molecule has 8 aromatic carbocycles. The Labute approximate surface area is 267 Å². The van der Waals surface area contributed by atoms with Gasteiger partial charge in [-0.2, -0.15) is 0 Å². The highest BCUT2D eigenvalue weighted by Gasteiger charge is 2.17. The number of furan rings is 1. The number of anilines is 3. The normalized spacial score (nSPS) is 11.5. The average Bonchev–Trinajstić information content (AvgIpc) is 3.50. The van der Waals surface area contributed by atoms with E-state index in [9.17, 15) is 0 Å². The van der Waals surface area contributed by atoms with Crippen LogP contribution in [0.25, 0.3) is 65.7 Å². The molecule has 2 heteroatoms. The lowest BCUT2D eigenvalue weighted by molar-refractivity contribution is 0.669. The van der Waals surface area contributed by atoms with Gasteiger partial charge in [-0.1, -0.05) is 121 Å². The van der Waals surface area contributed by atoms with Crippen LogP contribution in [0.2, 0.25) is 0 Å². The zero-order valence-corrected chi connectivity index (χ0v) is 25.1. The molecule has 0 atom stereocenters. The van der Waals surface area contributed by atoms with E-state index in [-0.39, 0.29) is 0 Å². The molecule has 9 rings (SSSR count). The van der Waals surface area contributed by atoms with Gasteiger partial charge in [0.2, 0.25) is 0 Å². The molecule has 46 heavy (non-hydrogen) atoms. The first-order chi connectivity index (χ1) is 22.8. The fourth-order valence-corrected chi connectivity index (χ4v) is 6.92. The molecule has 0 saturated heterocycles. The first-order valence-electron chi connectivity index (χ1n) is 15.7. The molecular formula is C44H29NO. The molecule has 9 aromatic rings. The smallest absolute Gasteiger partial charge is 0.137 e. The van der Waals surface area contributed by atoms with E-state index in [1.54, 1.807) is 0 Å². The maximum Gasteiger partial charge on any atom is 0.137 e. The van der Waals surface area contributed by atoms with Gasteiger partial charge in [0.1, 0.15) is 11.2 Å². The third-order valence-corrected chi connectivity index (χ3v) is 9.04. The highest BCUT2D eigenvalue weighted by Crippen LogP contribution is 2.43. The zero-order valence-electron chi connectivity index (χ0n) is 25.1. The van der Waals surface area contributed by atoms with Crippen molar-refractivity contribution in [3.05, 3.63) is 176 Å². The minimum absolute atomic E-state index is 0.882. The first-order valence-corrected chi connectivity index (χ1v) is 15.7. The van der Waals surface area contributed by atoms with Crippen LogP contribution in [0.4, 0.5) is 17.1 Å². The number of benzene rings is 8. The Morgan fingerprint density at radius 2 is 0.957 bits per heavy atom. The maximum absolute atomic E-state index is 6.29. The van der Waals surface area contributed by atoms with Crippen molar-refractivity contribution >= 4 is 60.5 Å². The Bertz CT molecular complexity index is 2510. The maximum atomic E-state index is 6.29. The molecule has 1 heterocycles. The van der Waals surface area contributed by atoms with Gasteiger partial charge in [0.05, 0.1) is 0 Å². The fraction of sp³-hybridized carbons (Fsp3) is 0. The molecule has 2 nitrogen and oxygen atoms in total. The lowest BCUT2D eigenvalue weighted by Crippen LogP contribution is -2.09. The molecule has 0 saturated carbocycles. The van der Waals surface area contributed by atoms with Gasteiger partial charge in [-0.05, 0) is 92.3 Å². The van der Waals surface area contributed by atoms with Crippen LogP contribution < -0.4 is 4.90 Å². The predicted molar refractivity (Wildman–Crippen MR) is 194 cm³/mol. The van der Waals surface area contributed by atoms with Gasteiger partial charge >= 0.3 is 0 Å². The third-order valence-electron chi connectivity index (χ3n) is 9.04. The molecule has 0 bridgehead atoms. The van der Waals surface area contributed by atoms with Crippen molar-refractivity contribution in [2.24, 2.45) is 0 Å². The molecule has 1 aromatic heterocycles. The summed E-state index contributed by atoms with van der Waals surface area (Å²) in [5, 5.41) is 7.31. The summed E-state index contributed by atoms with van der Waals surface area (Å²) in [4.78, 5) is 2.30. The van der Waals surface area contributed by atoms with E-state index in [0.29, 0.717) is 0 Å². The third kappa shape index (κ3) is 4.35. The highest BCUT2D eigenvalue weighted by molar-refractivity contribution is 6.18. The second-order valence-corrected chi connectivity index (χ2v) is 11.7. The van der Waals surface area contributed by atoms with Crippen molar-refractivity contribution in [2.45, 2.75) is 0 Å². The molecule has 216 valence electrons. The van der Waals surface area contributed by atoms with Crippen LogP contribution >= 0.6 is 0 Å². The monoisotopic (exact) mass is 587 g/mol. The van der Waals surface area contributed by atoms with Crippen molar-refractivity contribution in [1.82, 2.24) is 0 Å². The Morgan fingerprint density at radius 1 is 0.348 bits per heavy atom. The van der Waals surface area contributed by atoms with Gasteiger partial charge in [-0.15, -0.1) is 0 Å². The summed E-state index contributed by atoms with van der Waals surface area (Å²) in [7, 11) is 0. The zero-order chi connectivity index (χ0) is 30.5. The molecule has 0 fully saturated rings. The van der Waals surface area contributed by atoms with Crippen LogP contribution in [-0.4, -0.2) is 0 Å². The number of nitrogens with zero attached hydrogens (tertiary/aromatic N) is 1. The Morgan fingerprint density at radius 3 is 1.78 bits per heavy atom. The molecule has 0 aliphatic rings. The van der Waals surface area contributed by atoms with Gasteiger partial charge in [0.25, 0.3) is 0 Å². The molecule has 0 amide bonds. The van der Waals surface area contributed by atoms with Crippen molar-refractivity contribution in [3.8, 4) is 22.3 Å². The minimum Gasteiger partial charge on any atom is -0.456 e. The van der Waals surface area contributed by atoms with E-state index in [1.165, 1.54) is 43.8 Å². The van der Waals surface area contributed by atoms with E-state index in [1.807, 2.05) is 12.1 Å². The summed E-state index contributed by atoms with van der Waals surface area (Å²) in [6.07, 6.45) is 0. The topological polar surface area (TPSA) is 16.4 Å². The molecular weight excluding hydrogens is 558 g/mol. The van der Waals surface area contributed by atoms with E-state index in [0.717, 1.165) is 39.0 Å². The van der Waals surface area contributed by atoms with Gasteiger partial charge in [-0.3, -0.25) is 0 Å². The molecule has 0 aliphatic heterocycles. The summed E-state index contributed by atoms with van der Waals surface area (Å²) in [6.45, 7) is 0. The standard InChI is InChI=1S/C44H29NO/c1-3-12-30(13-4-1)37-19-11-20-40-36-17-8-7-14-32(36)28-41(44(37)40)31-22-24-34(25-23-31)45(33-15-5-2-6-16-33)35-26-27-39-38-18-9-10-21-42(38)46-43(39)29-35/h1-29H. The molecule has 0 aliphatic carbocycles. The predicted octanol–water partition coefficient (Wildman–Crippen LogP) is 12.7. The second-order valence-electron chi connectivity index (χ2n) is 11.7. The lowest BCUT2D eigenvalue weighted by atomic mass is 9.88. The molecule has 0 spiro atoms. The number of fused-ring (bicyclic) bond motifs is 6. The Hall–Kier alpha value is -6.12. The van der Waals surface area contributed by atoms with Gasteiger partial charge < -0.3 is 9.32 Å². The minimum atomic E-state index is 0.882. The Kier molecular flexibility index (Phi) is 6.17. The van der Waals surface area contributed by atoms with Gasteiger partial charge in [-0.25, -0.2) is 0 Å². The van der Waals surface area contributed by atoms with Crippen molar-refractivity contribution in [3.63, 3.8) is 0 Å². The number of hydrogen-bond acceptors (Lipinski definition) is 2. The molecule has 0 radical (unpaired) electrons. The van der Waals surface area contributed by atoms with Crippen molar-refractivity contribution in [2.75, 3.05) is 4.90 Å².